The minimum absolute atomic E-state index is 0.0808. The first-order valence-corrected chi connectivity index (χ1v) is 7.40. The Morgan fingerprint density at radius 2 is 2.20 bits per heavy atom. The smallest absolute Gasteiger partial charge is 0.223 e. The summed E-state index contributed by atoms with van der Waals surface area (Å²) in [5.74, 6) is 1.66. The molecule has 106 valence electrons. The lowest BCUT2D eigenvalue weighted by Crippen LogP contribution is -2.34. The largest absolute Gasteiger partial charge is 0.346 e. The molecule has 1 heterocycles. The van der Waals surface area contributed by atoms with Crippen molar-refractivity contribution in [2.75, 3.05) is 0 Å². The molecule has 3 unspecified atom stereocenters. The second-order valence-corrected chi connectivity index (χ2v) is 5.88. The van der Waals surface area contributed by atoms with Gasteiger partial charge in [-0.2, -0.15) is 0 Å². The van der Waals surface area contributed by atoms with Crippen molar-refractivity contribution in [3.8, 4) is 0 Å². The van der Waals surface area contributed by atoms with Gasteiger partial charge in [0.05, 0.1) is 17.1 Å². The van der Waals surface area contributed by atoms with Gasteiger partial charge < -0.3 is 10.3 Å². The number of amides is 1. The summed E-state index contributed by atoms with van der Waals surface area (Å²) in [5, 5.41) is 3.10. The molecule has 0 spiro atoms. The van der Waals surface area contributed by atoms with Crippen LogP contribution in [0.15, 0.2) is 24.3 Å². The van der Waals surface area contributed by atoms with Crippen LogP contribution >= 0.6 is 0 Å². The maximum atomic E-state index is 12.3. The molecule has 0 saturated heterocycles. The van der Waals surface area contributed by atoms with Gasteiger partial charge in [0.15, 0.2) is 0 Å². The third kappa shape index (κ3) is 2.42. The minimum atomic E-state index is -0.0808. The molecule has 1 aliphatic rings. The van der Waals surface area contributed by atoms with E-state index in [1.54, 1.807) is 0 Å². The molecular formula is C16H21N3O. The summed E-state index contributed by atoms with van der Waals surface area (Å²) in [6.07, 6.45) is 3.34. The number of hydrogen-bond donors (Lipinski definition) is 2. The van der Waals surface area contributed by atoms with Gasteiger partial charge in [0.2, 0.25) is 5.91 Å². The zero-order valence-electron chi connectivity index (χ0n) is 12.0. The fourth-order valence-corrected chi connectivity index (χ4v) is 3.10. The fourth-order valence-electron chi connectivity index (χ4n) is 3.10. The summed E-state index contributed by atoms with van der Waals surface area (Å²) >= 11 is 0. The molecule has 0 bridgehead atoms. The van der Waals surface area contributed by atoms with Crippen molar-refractivity contribution in [1.82, 2.24) is 15.3 Å². The number of aromatic nitrogens is 2. The Hall–Kier alpha value is -1.84. The Kier molecular flexibility index (Phi) is 3.47. The Morgan fingerprint density at radius 3 is 2.90 bits per heavy atom. The normalized spacial score (nSPS) is 23.9. The number of imidazole rings is 1. The van der Waals surface area contributed by atoms with Crippen LogP contribution in [0.4, 0.5) is 0 Å². The van der Waals surface area contributed by atoms with Crippen LogP contribution in [-0.2, 0) is 4.79 Å². The first-order valence-electron chi connectivity index (χ1n) is 7.40. The fraction of sp³-hybridized carbons (Fsp3) is 0.500. The number of carbonyl (C=O) groups excluding carboxylic acids is 1. The summed E-state index contributed by atoms with van der Waals surface area (Å²) in [7, 11) is 0. The molecule has 20 heavy (non-hydrogen) atoms. The number of hydrogen-bond acceptors (Lipinski definition) is 2. The van der Waals surface area contributed by atoms with Gasteiger partial charge in [0.25, 0.3) is 0 Å². The van der Waals surface area contributed by atoms with E-state index >= 15 is 0 Å². The average Bonchev–Trinajstić information content (AvgIpc) is 3.04. The van der Waals surface area contributed by atoms with E-state index in [4.69, 9.17) is 0 Å². The van der Waals surface area contributed by atoms with Crippen LogP contribution < -0.4 is 5.32 Å². The molecule has 4 nitrogen and oxygen atoms in total. The van der Waals surface area contributed by atoms with Gasteiger partial charge in [0, 0.05) is 5.92 Å². The summed E-state index contributed by atoms with van der Waals surface area (Å²) in [6.45, 7) is 4.15. The van der Waals surface area contributed by atoms with Gasteiger partial charge in [-0.25, -0.2) is 4.98 Å². The molecule has 1 amide bonds. The number of benzene rings is 1. The molecule has 0 radical (unpaired) electrons. The number of fused-ring (bicyclic) bond motifs is 1. The first kappa shape index (κ1) is 13.2. The Labute approximate surface area is 119 Å². The minimum Gasteiger partial charge on any atom is -0.346 e. The number of rotatable bonds is 3. The zero-order chi connectivity index (χ0) is 14.1. The SMILES string of the molecule is CC(NC(=O)C1CCCC1C)c1nc2ccccc2[nH]1. The number of carbonyl (C=O) groups is 1. The van der Waals surface area contributed by atoms with Gasteiger partial charge >= 0.3 is 0 Å². The lowest BCUT2D eigenvalue weighted by Gasteiger charge is -2.18. The molecule has 0 aliphatic heterocycles. The van der Waals surface area contributed by atoms with Crippen LogP contribution in [0.25, 0.3) is 11.0 Å². The monoisotopic (exact) mass is 271 g/mol. The predicted octanol–water partition coefficient (Wildman–Crippen LogP) is 3.18. The van der Waals surface area contributed by atoms with Gasteiger partial charge in [-0.05, 0) is 37.8 Å². The Bertz CT molecular complexity index is 586. The zero-order valence-corrected chi connectivity index (χ0v) is 12.0. The first-order chi connectivity index (χ1) is 9.65. The second-order valence-electron chi connectivity index (χ2n) is 5.88. The van der Waals surface area contributed by atoms with Crippen molar-refractivity contribution in [1.29, 1.82) is 0 Å². The third-order valence-electron chi connectivity index (χ3n) is 4.37. The Morgan fingerprint density at radius 1 is 1.40 bits per heavy atom. The second kappa shape index (κ2) is 5.27. The van der Waals surface area contributed by atoms with Crippen LogP contribution in [0, 0.1) is 11.8 Å². The van der Waals surface area contributed by atoms with Crippen molar-refractivity contribution in [2.24, 2.45) is 11.8 Å². The van der Waals surface area contributed by atoms with Crippen molar-refractivity contribution in [3.63, 3.8) is 0 Å². The van der Waals surface area contributed by atoms with E-state index in [2.05, 4.69) is 22.2 Å². The van der Waals surface area contributed by atoms with E-state index in [-0.39, 0.29) is 17.9 Å². The van der Waals surface area contributed by atoms with Gasteiger partial charge in [0.1, 0.15) is 5.82 Å². The van der Waals surface area contributed by atoms with Crippen LogP contribution in [0.2, 0.25) is 0 Å². The molecule has 4 heteroatoms. The molecule has 1 aromatic heterocycles. The van der Waals surface area contributed by atoms with Gasteiger partial charge in [-0.15, -0.1) is 0 Å². The molecule has 3 rings (SSSR count). The van der Waals surface area contributed by atoms with Gasteiger partial charge in [-0.3, -0.25) is 4.79 Å². The molecule has 1 aromatic carbocycles. The van der Waals surface area contributed by atoms with Crippen molar-refractivity contribution >= 4 is 16.9 Å². The summed E-state index contributed by atoms with van der Waals surface area (Å²) in [5.41, 5.74) is 1.95. The van der Waals surface area contributed by atoms with E-state index in [1.165, 1.54) is 0 Å². The molecular weight excluding hydrogens is 250 g/mol. The summed E-state index contributed by atoms with van der Waals surface area (Å²) < 4.78 is 0. The molecule has 2 aromatic rings. The number of aromatic amines is 1. The molecule has 1 aliphatic carbocycles. The maximum Gasteiger partial charge on any atom is 0.223 e. The molecule has 1 fully saturated rings. The van der Waals surface area contributed by atoms with Crippen LogP contribution in [-0.4, -0.2) is 15.9 Å². The van der Waals surface area contributed by atoms with Crippen LogP contribution in [0.5, 0.6) is 0 Å². The number of nitrogens with zero attached hydrogens (tertiary/aromatic N) is 1. The van der Waals surface area contributed by atoms with E-state index in [9.17, 15) is 4.79 Å². The van der Waals surface area contributed by atoms with E-state index < -0.39 is 0 Å². The Balaban J connectivity index is 1.72. The number of nitrogens with one attached hydrogen (secondary N) is 2. The van der Waals surface area contributed by atoms with E-state index in [0.717, 1.165) is 36.1 Å². The molecule has 2 N–H and O–H groups in total. The maximum absolute atomic E-state index is 12.3. The predicted molar refractivity (Wildman–Crippen MR) is 79.2 cm³/mol. The lowest BCUT2D eigenvalue weighted by atomic mass is 9.97. The van der Waals surface area contributed by atoms with E-state index in [0.29, 0.717) is 5.92 Å². The highest BCUT2D eigenvalue weighted by molar-refractivity contribution is 5.80. The van der Waals surface area contributed by atoms with Crippen molar-refractivity contribution in [2.45, 2.75) is 39.2 Å². The van der Waals surface area contributed by atoms with Crippen LogP contribution in [0.3, 0.4) is 0 Å². The number of H-pyrrole nitrogens is 1. The lowest BCUT2D eigenvalue weighted by molar-refractivity contribution is -0.126. The average molecular weight is 271 g/mol. The highest BCUT2D eigenvalue weighted by atomic mass is 16.2. The topological polar surface area (TPSA) is 57.8 Å². The molecule has 3 atom stereocenters. The standard InChI is InChI=1S/C16H21N3O/c1-10-6-5-7-12(10)16(20)17-11(2)15-18-13-8-3-4-9-14(13)19-15/h3-4,8-12H,5-7H2,1-2H3,(H,17,20)(H,18,19). The highest BCUT2D eigenvalue weighted by Crippen LogP contribution is 2.31. The summed E-state index contributed by atoms with van der Waals surface area (Å²) in [6, 6.07) is 7.84. The van der Waals surface area contributed by atoms with E-state index in [1.807, 2.05) is 31.2 Å². The third-order valence-corrected chi connectivity index (χ3v) is 4.37. The van der Waals surface area contributed by atoms with Crippen molar-refractivity contribution < 1.29 is 4.79 Å². The van der Waals surface area contributed by atoms with Crippen LogP contribution in [0.1, 0.15) is 45.0 Å². The number of para-hydroxylation sites is 2. The quantitative estimate of drug-likeness (QED) is 0.900. The summed E-state index contributed by atoms with van der Waals surface area (Å²) in [4.78, 5) is 20.1. The highest BCUT2D eigenvalue weighted by Gasteiger charge is 2.30. The van der Waals surface area contributed by atoms with Crippen molar-refractivity contribution in [3.05, 3.63) is 30.1 Å². The van der Waals surface area contributed by atoms with Gasteiger partial charge in [-0.1, -0.05) is 25.5 Å². The molecule has 1 saturated carbocycles.